The van der Waals surface area contributed by atoms with Gasteiger partial charge in [-0.2, -0.15) is 4.31 Å². The third kappa shape index (κ3) is 4.93. The Hall–Kier alpha value is -2.38. The van der Waals surface area contributed by atoms with Crippen LogP contribution < -0.4 is 4.74 Å². The van der Waals surface area contributed by atoms with Crippen LogP contribution in [0.25, 0.3) is 0 Å². The van der Waals surface area contributed by atoms with E-state index in [0.29, 0.717) is 43.9 Å². The number of carbonyl (C=O) groups is 1. The molecule has 1 fully saturated rings. The summed E-state index contributed by atoms with van der Waals surface area (Å²) in [5.41, 5.74) is 4.65. The van der Waals surface area contributed by atoms with Crippen LogP contribution in [-0.4, -0.2) is 56.8 Å². The second kappa shape index (κ2) is 9.40. The van der Waals surface area contributed by atoms with Crippen molar-refractivity contribution >= 4 is 15.9 Å². The lowest BCUT2D eigenvalue weighted by atomic mass is 10.0. The van der Waals surface area contributed by atoms with Gasteiger partial charge in [0.25, 0.3) is 0 Å². The van der Waals surface area contributed by atoms with E-state index in [-0.39, 0.29) is 5.91 Å². The molecule has 0 spiro atoms. The quantitative estimate of drug-likeness (QED) is 0.685. The summed E-state index contributed by atoms with van der Waals surface area (Å²) in [7, 11) is -1.97. The summed E-state index contributed by atoms with van der Waals surface area (Å²) in [6.45, 7) is 9.11. The van der Waals surface area contributed by atoms with Gasteiger partial charge in [-0.1, -0.05) is 18.2 Å². The van der Waals surface area contributed by atoms with E-state index in [0.717, 1.165) is 33.6 Å². The van der Waals surface area contributed by atoms with Crippen molar-refractivity contribution in [3.63, 3.8) is 0 Å². The van der Waals surface area contributed by atoms with Crippen LogP contribution in [0.5, 0.6) is 5.75 Å². The van der Waals surface area contributed by atoms with Crippen LogP contribution in [0.1, 0.15) is 34.2 Å². The van der Waals surface area contributed by atoms with Crippen LogP contribution in [0, 0.1) is 27.7 Å². The molecule has 0 unspecified atom stereocenters. The van der Waals surface area contributed by atoms with Crippen molar-refractivity contribution in [1.29, 1.82) is 0 Å². The topological polar surface area (TPSA) is 66.9 Å². The molecule has 0 bridgehead atoms. The van der Waals surface area contributed by atoms with Crippen molar-refractivity contribution in [2.75, 3.05) is 33.3 Å². The highest BCUT2D eigenvalue weighted by Gasteiger charge is 2.32. The van der Waals surface area contributed by atoms with Crippen LogP contribution in [-0.2, 0) is 21.2 Å². The first kappa shape index (κ1) is 23.3. The normalized spacial score (nSPS) is 15.2. The molecule has 31 heavy (non-hydrogen) atoms. The maximum Gasteiger partial charge on any atom is 0.243 e. The van der Waals surface area contributed by atoms with Gasteiger partial charge in [0.05, 0.1) is 12.0 Å². The number of piperazine rings is 1. The Kier molecular flexibility index (Phi) is 7.06. The third-order valence-electron chi connectivity index (χ3n) is 6.27. The second-order valence-electron chi connectivity index (χ2n) is 8.22. The third-order valence-corrected chi connectivity index (χ3v) is 8.45. The number of aryl methyl sites for hydroxylation is 3. The zero-order valence-corrected chi connectivity index (χ0v) is 19.9. The molecular weight excluding hydrogens is 412 g/mol. The SMILES string of the molecule is COc1ccc(CCC(=O)N2CCN(S(=O)(=O)c3c(C)c(C)cc(C)c3C)CC2)cc1. The largest absolute Gasteiger partial charge is 0.497 e. The minimum atomic E-state index is -3.60. The lowest BCUT2D eigenvalue weighted by Gasteiger charge is -2.35. The highest BCUT2D eigenvalue weighted by atomic mass is 32.2. The van der Waals surface area contributed by atoms with Crippen LogP contribution >= 0.6 is 0 Å². The average Bonchev–Trinajstić information content (AvgIpc) is 2.76. The summed E-state index contributed by atoms with van der Waals surface area (Å²) >= 11 is 0. The lowest BCUT2D eigenvalue weighted by molar-refractivity contribution is -0.132. The minimum absolute atomic E-state index is 0.0617. The fourth-order valence-electron chi connectivity index (χ4n) is 4.08. The summed E-state index contributed by atoms with van der Waals surface area (Å²) in [5.74, 6) is 0.855. The van der Waals surface area contributed by atoms with Crippen molar-refractivity contribution in [2.24, 2.45) is 0 Å². The van der Waals surface area contributed by atoms with Crippen LogP contribution in [0.2, 0.25) is 0 Å². The van der Waals surface area contributed by atoms with Crippen LogP contribution in [0.15, 0.2) is 35.2 Å². The van der Waals surface area contributed by atoms with E-state index in [1.807, 2.05) is 58.0 Å². The van der Waals surface area contributed by atoms with Crippen LogP contribution in [0.3, 0.4) is 0 Å². The van der Waals surface area contributed by atoms with Gasteiger partial charge in [0, 0.05) is 32.6 Å². The predicted molar refractivity (Wildman–Crippen MR) is 122 cm³/mol. The number of rotatable bonds is 6. The molecular formula is C24H32N2O4S. The number of hydrogen-bond acceptors (Lipinski definition) is 4. The van der Waals surface area contributed by atoms with E-state index in [2.05, 4.69) is 0 Å². The molecule has 1 heterocycles. The molecule has 1 aliphatic heterocycles. The number of ether oxygens (including phenoxy) is 1. The van der Waals surface area contributed by atoms with Crippen molar-refractivity contribution < 1.29 is 17.9 Å². The Morgan fingerprint density at radius 2 is 1.48 bits per heavy atom. The van der Waals surface area contributed by atoms with Gasteiger partial charge in [-0.15, -0.1) is 0 Å². The number of benzene rings is 2. The smallest absolute Gasteiger partial charge is 0.243 e. The molecule has 0 atom stereocenters. The molecule has 0 N–H and O–H groups in total. The minimum Gasteiger partial charge on any atom is -0.497 e. The van der Waals surface area contributed by atoms with E-state index in [1.165, 1.54) is 4.31 Å². The molecule has 2 aromatic carbocycles. The van der Waals surface area contributed by atoms with E-state index in [4.69, 9.17) is 4.74 Å². The maximum atomic E-state index is 13.4. The van der Waals surface area contributed by atoms with E-state index < -0.39 is 10.0 Å². The number of hydrogen-bond donors (Lipinski definition) is 0. The van der Waals surface area contributed by atoms with Gasteiger partial charge in [-0.25, -0.2) is 8.42 Å². The Bertz CT molecular complexity index is 1030. The van der Waals surface area contributed by atoms with Crippen molar-refractivity contribution in [3.8, 4) is 5.75 Å². The summed E-state index contributed by atoms with van der Waals surface area (Å²) in [4.78, 5) is 14.8. The zero-order chi connectivity index (χ0) is 22.8. The van der Waals surface area contributed by atoms with Gasteiger partial charge in [0.2, 0.25) is 15.9 Å². The lowest BCUT2D eigenvalue weighted by Crippen LogP contribution is -2.50. The van der Waals surface area contributed by atoms with E-state index >= 15 is 0 Å². The number of nitrogens with zero attached hydrogens (tertiary/aromatic N) is 2. The van der Waals surface area contributed by atoms with Gasteiger partial charge >= 0.3 is 0 Å². The molecule has 2 aromatic rings. The molecule has 7 heteroatoms. The molecule has 6 nitrogen and oxygen atoms in total. The first-order valence-corrected chi connectivity index (χ1v) is 12.1. The van der Waals surface area contributed by atoms with Crippen molar-refractivity contribution in [1.82, 2.24) is 9.21 Å². The fourth-order valence-corrected chi connectivity index (χ4v) is 6.07. The fraction of sp³-hybridized carbons (Fsp3) is 0.458. The van der Waals surface area contributed by atoms with E-state index in [9.17, 15) is 13.2 Å². The van der Waals surface area contributed by atoms with Crippen molar-refractivity contribution in [3.05, 3.63) is 58.1 Å². The summed E-state index contributed by atoms with van der Waals surface area (Å²) in [6, 6.07) is 9.74. The monoisotopic (exact) mass is 444 g/mol. The standard InChI is InChI=1S/C24H32N2O4S/c1-17-16-18(2)20(4)24(19(17)3)31(28,29)26-14-12-25(13-15-26)23(27)11-8-21-6-9-22(30-5)10-7-21/h6-7,9-10,16H,8,11-15H2,1-5H3. The van der Waals surface area contributed by atoms with Gasteiger partial charge in [-0.05, 0) is 74.1 Å². The maximum absolute atomic E-state index is 13.4. The molecule has 1 amide bonds. The number of methoxy groups -OCH3 is 1. The Labute approximate surface area is 185 Å². The first-order valence-electron chi connectivity index (χ1n) is 10.6. The Balaban J connectivity index is 1.63. The second-order valence-corrected chi connectivity index (χ2v) is 10.1. The summed E-state index contributed by atoms with van der Waals surface area (Å²) in [6.07, 6.45) is 1.07. The highest BCUT2D eigenvalue weighted by Crippen LogP contribution is 2.29. The van der Waals surface area contributed by atoms with Gasteiger partial charge < -0.3 is 9.64 Å². The molecule has 1 saturated heterocycles. The molecule has 3 rings (SSSR count). The van der Waals surface area contributed by atoms with Crippen molar-refractivity contribution in [2.45, 2.75) is 45.4 Å². The Morgan fingerprint density at radius 1 is 0.935 bits per heavy atom. The summed E-state index contributed by atoms with van der Waals surface area (Å²) < 4.78 is 33.5. The summed E-state index contributed by atoms with van der Waals surface area (Å²) in [5, 5.41) is 0. The zero-order valence-electron chi connectivity index (χ0n) is 19.1. The number of sulfonamides is 1. The number of carbonyl (C=O) groups excluding carboxylic acids is 1. The molecule has 0 aromatic heterocycles. The Morgan fingerprint density at radius 3 is 2.00 bits per heavy atom. The molecule has 0 aliphatic carbocycles. The van der Waals surface area contributed by atoms with Crippen LogP contribution in [0.4, 0.5) is 0 Å². The van der Waals surface area contributed by atoms with Gasteiger partial charge in [-0.3, -0.25) is 4.79 Å². The van der Waals surface area contributed by atoms with E-state index in [1.54, 1.807) is 12.0 Å². The molecule has 0 saturated carbocycles. The molecule has 0 radical (unpaired) electrons. The van der Waals surface area contributed by atoms with Gasteiger partial charge in [0.1, 0.15) is 5.75 Å². The van der Waals surface area contributed by atoms with Gasteiger partial charge in [0.15, 0.2) is 0 Å². The highest BCUT2D eigenvalue weighted by molar-refractivity contribution is 7.89. The molecule has 168 valence electrons. The predicted octanol–water partition coefficient (Wildman–Crippen LogP) is 3.39. The number of amides is 1. The average molecular weight is 445 g/mol. The molecule has 1 aliphatic rings. The first-order chi connectivity index (χ1) is 14.6.